The van der Waals surface area contributed by atoms with Gasteiger partial charge in [-0.1, -0.05) is 20.3 Å². The second-order valence-electron chi connectivity index (χ2n) is 8.04. The number of likely N-dealkylation sites (N-methyl/N-ethyl adjacent to an activating group) is 1. The predicted molar refractivity (Wildman–Crippen MR) is 109 cm³/mol. The molecule has 0 radical (unpaired) electrons. The number of hydrogen-bond donors (Lipinski definition) is 0. The number of ether oxygens (including phenoxy) is 1. The number of benzene rings is 1. The second kappa shape index (κ2) is 8.90. The van der Waals surface area contributed by atoms with Crippen LogP contribution in [0.1, 0.15) is 57.1 Å². The highest BCUT2D eigenvalue weighted by atomic mass is 16.5. The Labute approximate surface area is 159 Å². The molecule has 1 aromatic rings. The van der Waals surface area contributed by atoms with E-state index in [9.17, 15) is 4.79 Å². The standard InChI is InChI=1S/C22H37N2O2/c1-7-9-14-24(5,13-8-2)20-11-10-12-23(22(20)25)21-17(3)15-19(26-6)16-18(21)4/h15-16,20H,7-14H2,1-6H3/q+1. The van der Waals surface area contributed by atoms with Gasteiger partial charge in [-0.15, -0.1) is 0 Å². The molecule has 2 rings (SSSR count). The summed E-state index contributed by atoms with van der Waals surface area (Å²) in [5.74, 6) is 1.17. The molecule has 0 spiro atoms. The Morgan fingerprint density at radius 3 is 2.35 bits per heavy atom. The lowest BCUT2D eigenvalue weighted by atomic mass is 9.97. The van der Waals surface area contributed by atoms with Crippen molar-refractivity contribution in [1.82, 2.24) is 0 Å². The molecular weight excluding hydrogens is 324 g/mol. The zero-order valence-electron chi connectivity index (χ0n) is 17.6. The lowest BCUT2D eigenvalue weighted by Crippen LogP contribution is -2.62. The molecule has 1 saturated heterocycles. The Hall–Kier alpha value is -1.55. The maximum Gasteiger partial charge on any atom is 0.285 e. The molecule has 4 nitrogen and oxygen atoms in total. The molecule has 1 heterocycles. The van der Waals surface area contributed by atoms with E-state index in [1.807, 2.05) is 12.1 Å². The van der Waals surface area contributed by atoms with Gasteiger partial charge in [-0.05, 0) is 56.4 Å². The van der Waals surface area contributed by atoms with E-state index in [1.165, 1.54) is 12.8 Å². The van der Waals surface area contributed by atoms with E-state index in [1.54, 1.807) is 7.11 Å². The fourth-order valence-corrected chi connectivity index (χ4v) is 4.57. The Bertz CT molecular complexity index is 606. The van der Waals surface area contributed by atoms with Crippen molar-refractivity contribution >= 4 is 11.6 Å². The SMILES string of the molecule is CCCC[N+](C)(CCC)C1CCCN(c2c(C)cc(OC)cc2C)C1=O. The first kappa shape index (κ1) is 20.8. The number of methoxy groups -OCH3 is 1. The van der Waals surface area contributed by atoms with Gasteiger partial charge in [0.2, 0.25) is 0 Å². The molecule has 0 aliphatic carbocycles. The number of carbonyl (C=O) groups is 1. The summed E-state index contributed by atoms with van der Waals surface area (Å²) in [7, 11) is 3.98. The highest BCUT2D eigenvalue weighted by Crippen LogP contribution is 2.34. The molecule has 146 valence electrons. The lowest BCUT2D eigenvalue weighted by Gasteiger charge is -2.45. The first-order valence-corrected chi connectivity index (χ1v) is 10.2. The molecule has 1 aliphatic heterocycles. The molecule has 4 heteroatoms. The van der Waals surface area contributed by atoms with Crippen LogP contribution in [0.5, 0.6) is 5.75 Å². The van der Waals surface area contributed by atoms with Crippen LogP contribution in [-0.2, 0) is 4.79 Å². The molecule has 0 bridgehead atoms. The van der Waals surface area contributed by atoms with Crippen molar-refractivity contribution in [2.24, 2.45) is 0 Å². The Morgan fingerprint density at radius 1 is 1.15 bits per heavy atom. The third-order valence-electron chi connectivity index (χ3n) is 5.89. The minimum Gasteiger partial charge on any atom is -0.497 e. The quantitative estimate of drug-likeness (QED) is 0.640. The van der Waals surface area contributed by atoms with Gasteiger partial charge in [0.25, 0.3) is 5.91 Å². The van der Waals surface area contributed by atoms with E-state index < -0.39 is 0 Å². The van der Waals surface area contributed by atoms with Crippen LogP contribution in [0.2, 0.25) is 0 Å². The molecule has 26 heavy (non-hydrogen) atoms. The van der Waals surface area contributed by atoms with Crippen molar-refractivity contribution in [3.8, 4) is 5.75 Å². The molecule has 1 amide bonds. The van der Waals surface area contributed by atoms with Crippen molar-refractivity contribution in [3.63, 3.8) is 0 Å². The molecule has 2 unspecified atom stereocenters. The number of anilines is 1. The first-order chi connectivity index (χ1) is 12.4. The maximum atomic E-state index is 13.5. The van der Waals surface area contributed by atoms with Crippen molar-refractivity contribution < 1.29 is 14.0 Å². The summed E-state index contributed by atoms with van der Waals surface area (Å²) in [4.78, 5) is 15.6. The second-order valence-corrected chi connectivity index (χ2v) is 8.04. The molecule has 0 N–H and O–H groups in total. The fourth-order valence-electron chi connectivity index (χ4n) is 4.57. The van der Waals surface area contributed by atoms with Gasteiger partial charge in [-0.25, -0.2) is 0 Å². The number of amides is 1. The first-order valence-electron chi connectivity index (χ1n) is 10.2. The minimum atomic E-state index is 0.0798. The molecule has 1 aromatic carbocycles. The van der Waals surface area contributed by atoms with Crippen LogP contribution in [0.4, 0.5) is 5.69 Å². The number of piperidine rings is 1. The lowest BCUT2D eigenvalue weighted by molar-refractivity contribution is -0.925. The number of rotatable bonds is 8. The van der Waals surface area contributed by atoms with Crippen LogP contribution in [0.3, 0.4) is 0 Å². The van der Waals surface area contributed by atoms with Gasteiger partial charge in [-0.2, -0.15) is 0 Å². The fraction of sp³-hybridized carbons (Fsp3) is 0.682. The van der Waals surface area contributed by atoms with Crippen LogP contribution < -0.4 is 9.64 Å². The van der Waals surface area contributed by atoms with Gasteiger partial charge < -0.3 is 14.1 Å². The maximum absolute atomic E-state index is 13.5. The number of aryl methyl sites for hydroxylation is 2. The highest BCUT2D eigenvalue weighted by Gasteiger charge is 2.42. The number of quaternary nitrogens is 1. The monoisotopic (exact) mass is 361 g/mol. The van der Waals surface area contributed by atoms with Gasteiger partial charge >= 0.3 is 0 Å². The van der Waals surface area contributed by atoms with Crippen molar-refractivity contribution in [2.75, 3.05) is 38.7 Å². The van der Waals surface area contributed by atoms with Crippen molar-refractivity contribution in [1.29, 1.82) is 0 Å². The van der Waals surface area contributed by atoms with Crippen LogP contribution in [-0.4, -0.2) is 50.2 Å². The number of carbonyl (C=O) groups excluding carboxylic acids is 1. The number of nitrogens with zero attached hydrogens (tertiary/aromatic N) is 2. The third kappa shape index (κ3) is 4.22. The third-order valence-corrected chi connectivity index (χ3v) is 5.89. The van der Waals surface area contributed by atoms with Crippen LogP contribution in [0.25, 0.3) is 0 Å². The highest BCUT2D eigenvalue weighted by molar-refractivity contribution is 5.98. The van der Waals surface area contributed by atoms with Gasteiger partial charge in [0.05, 0.1) is 27.2 Å². The van der Waals surface area contributed by atoms with Crippen LogP contribution >= 0.6 is 0 Å². The Balaban J connectivity index is 2.35. The molecule has 1 fully saturated rings. The zero-order chi connectivity index (χ0) is 19.3. The summed E-state index contributed by atoms with van der Waals surface area (Å²) in [5, 5.41) is 0. The summed E-state index contributed by atoms with van der Waals surface area (Å²) >= 11 is 0. The molecule has 0 aromatic heterocycles. The average Bonchev–Trinajstić information content (AvgIpc) is 2.60. The summed E-state index contributed by atoms with van der Waals surface area (Å²) in [6.45, 7) is 11.6. The summed E-state index contributed by atoms with van der Waals surface area (Å²) in [6, 6.07) is 4.16. The summed E-state index contributed by atoms with van der Waals surface area (Å²) < 4.78 is 6.27. The van der Waals surface area contributed by atoms with Gasteiger partial charge in [-0.3, -0.25) is 4.79 Å². The van der Waals surface area contributed by atoms with E-state index in [0.29, 0.717) is 5.91 Å². The van der Waals surface area contributed by atoms with Crippen LogP contribution in [0, 0.1) is 13.8 Å². The van der Waals surface area contributed by atoms with E-state index >= 15 is 0 Å². The zero-order valence-corrected chi connectivity index (χ0v) is 17.6. The van der Waals surface area contributed by atoms with Crippen molar-refractivity contribution in [2.45, 2.75) is 65.8 Å². The average molecular weight is 362 g/mol. The predicted octanol–water partition coefficient (Wildman–Crippen LogP) is 4.46. The largest absolute Gasteiger partial charge is 0.497 e. The van der Waals surface area contributed by atoms with Crippen LogP contribution in [0.15, 0.2) is 12.1 Å². The Morgan fingerprint density at radius 2 is 1.81 bits per heavy atom. The van der Waals surface area contributed by atoms with E-state index in [0.717, 1.165) is 65.9 Å². The molecule has 2 atom stereocenters. The normalized spacial score (nSPS) is 20.2. The van der Waals surface area contributed by atoms with Gasteiger partial charge in [0.15, 0.2) is 6.04 Å². The number of hydrogen-bond acceptors (Lipinski definition) is 2. The molecular formula is C22H37N2O2+. The minimum absolute atomic E-state index is 0.0798. The summed E-state index contributed by atoms with van der Waals surface area (Å²) in [5.41, 5.74) is 3.32. The number of unbranched alkanes of at least 4 members (excludes halogenated alkanes) is 1. The van der Waals surface area contributed by atoms with Crippen molar-refractivity contribution in [3.05, 3.63) is 23.3 Å². The van der Waals surface area contributed by atoms with Gasteiger partial charge in [0.1, 0.15) is 5.75 Å². The van der Waals surface area contributed by atoms with E-state index in [-0.39, 0.29) is 6.04 Å². The smallest absolute Gasteiger partial charge is 0.285 e. The molecule has 0 saturated carbocycles. The Kier molecular flexibility index (Phi) is 7.10. The summed E-state index contributed by atoms with van der Waals surface area (Å²) in [6.07, 6.45) is 5.55. The van der Waals surface area contributed by atoms with E-state index in [2.05, 4.69) is 39.6 Å². The van der Waals surface area contributed by atoms with E-state index in [4.69, 9.17) is 4.74 Å². The van der Waals surface area contributed by atoms with Gasteiger partial charge in [0, 0.05) is 18.7 Å². The molecule has 1 aliphatic rings. The topological polar surface area (TPSA) is 29.5 Å².